The maximum absolute atomic E-state index is 5.41. The van der Waals surface area contributed by atoms with Crippen LogP contribution in [0.4, 0.5) is 5.69 Å². The van der Waals surface area contributed by atoms with Crippen molar-refractivity contribution in [2.24, 2.45) is 0 Å². The second-order valence-electron chi connectivity index (χ2n) is 8.26. The molecule has 30 heavy (non-hydrogen) atoms. The number of methoxy groups -OCH3 is 1. The Morgan fingerprint density at radius 3 is 2.50 bits per heavy atom. The maximum atomic E-state index is 5.41. The molecule has 0 unspecified atom stereocenters. The van der Waals surface area contributed by atoms with E-state index in [1.165, 1.54) is 27.9 Å². The lowest BCUT2D eigenvalue weighted by molar-refractivity contribution is 0.0788. The van der Waals surface area contributed by atoms with Crippen LogP contribution in [0.15, 0.2) is 73.4 Å². The largest absolute Gasteiger partial charge is 0.378 e. The topological polar surface area (TPSA) is 25.4 Å². The summed E-state index contributed by atoms with van der Waals surface area (Å²) in [5.41, 5.74) is 8.60. The molecule has 1 fully saturated rings. The zero-order valence-corrected chi connectivity index (χ0v) is 18.1. The SMILES string of the molecule is C=C(C[C@H](c1ccc(N2CC(OC)C2)cc1)c1ccccc1C)c1ccnc(C)c1. The molecule has 3 nitrogen and oxygen atoms in total. The number of anilines is 1. The Labute approximate surface area is 180 Å². The Kier molecular flexibility index (Phi) is 6.01. The number of nitrogens with zero attached hydrogens (tertiary/aromatic N) is 2. The van der Waals surface area contributed by atoms with Crippen LogP contribution in [0.3, 0.4) is 0 Å². The monoisotopic (exact) mass is 398 g/mol. The molecular formula is C27H30N2O. The van der Waals surface area contributed by atoms with Gasteiger partial charge < -0.3 is 9.64 Å². The molecule has 1 atom stereocenters. The van der Waals surface area contributed by atoms with Crippen molar-refractivity contribution < 1.29 is 4.74 Å². The van der Waals surface area contributed by atoms with Gasteiger partial charge in [0.2, 0.25) is 0 Å². The van der Waals surface area contributed by atoms with Crippen LogP contribution in [-0.4, -0.2) is 31.3 Å². The number of aryl methyl sites for hydroxylation is 2. The molecule has 0 spiro atoms. The number of benzene rings is 2. The Morgan fingerprint density at radius 1 is 1.10 bits per heavy atom. The van der Waals surface area contributed by atoms with Gasteiger partial charge in [-0.05, 0) is 72.4 Å². The highest BCUT2D eigenvalue weighted by molar-refractivity contribution is 5.65. The normalized spacial score (nSPS) is 15.0. The third-order valence-corrected chi connectivity index (χ3v) is 6.16. The number of hydrogen-bond acceptors (Lipinski definition) is 3. The minimum atomic E-state index is 0.268. The van der Waals surface area contributed by atoms with Gasteiger partial charge in [-0.1, -0.05) is 43.0 Å². The summed E-state index contributed by atoms with van der Waals surface area (Å²) in [4.78, 5) is 6.69. The van der Waals surface area contributed by atoms with Gasteiger partial charge in [0.1, 0.15) is 0 Å². The second kappa shape index (κ2) is 8.85. The van der Waals surface area contributed by atoms with Gasteiger partial charge in [-0.3, -0.25) is 4.98 Å². The molecule has 2 heterocycles. The molecule has 0 saturated carbocycles. The molecule has 2 aromatic carbocycles. The quantitative estimate of drug-likeness (QED) is 0.505. The van der Waals surface area contributed by atoms with Crippen LogP contribution in [0, 0.1) is 13.8 Å². The number of ether oxygens (including phenoxy) is 1. The van der Waals surface area contributed by atoms with Gasteiger partial charge in [0.05, 0.1) is 6.10 Å². The van der Waals surface area contributed by atoms with Crippen molar-refractivity contribution in [2.45, 2.75) is 32.3 Å². The first-order valence-electron chi connectivity index (χ1n) is 10.6. The van der Waals surface area contributed by atoms with Gasteiger partial charge in [0, 0.05) is 43.7 Å². The molecule has 3 heteroatoms. The summed E-state index contributed by atoms with van der Waals surface area (Å²) in [7, 11) is 1.79. The number of allylic oxidation sites excluding steroid dienone is 1. The Balaban J connectivity index is 1.61. The van der Waals surface area contributed by atoms with Crippen molar-refractivity contribution in [3.05, 3.63) is 101 Å². The van der Waals surface area contributed by atoms with Gasteiger partial charge in [-0.25, -0.2) is 0 Å². The number of aromatic nitrogens is 1. The number of hydrogen-bond donors (Lipinski definition) is 0. The molecule has 154 valence electrons. The van der Waals surface area contributed by atoms with Crippen molar-refractivity contribution in [1.82, 2.24) is 4.98 Å². The van der Waals surface area contributed by atoms with Crippen LogP contribution in [-0.2, 0) is 4.74 Å². The predicted molar refractivity (Wildman–Crippen MR) is 125 cm³/mol. The predicted octanol–water partition coefficient (Wildman–Crippen LogP) is 5.77. The van der Waals surface area contributed by atoms with Gasteiger partial charge in [0.15, 0.2) is 0 Å². The average Bonchev–Trinajstić information content (AvgIpc) is 2.72. The minimum Gasteiger partial charge on any atom is -0.378 e. The van der Waals surface area contributed by atoms with Gasteiger partial charge in [-0.15, -0.1) is 0 Å². The van der Waals surface area contributed by atoms with E-state index in [4.69, 9.17) is 4.74 Å². The maximum Gasteiger partial charge on any atom is 0.0920 e. The molecule has 0 amide bonds. The molecule has 0 aliphatic carbocycles. The molecule has 0 radical (unpaired) electrons. The van der Waals surface area contributed by atoms with E-state index in [1.807, 2.05) is 13.1 Å². The van der Waals surface area contributed by atoms with E-state index in [2.05, 4.69) is 84.1 Å². The Hall–Kier alpha value is -2.91. The molecule has 0 bridgehead atoms. The summed E-state index contributed by atoms with van der Waals surface area (Å²) in [6, 6.07) is 21.9. The van der Waals surface area contributed by atoms with Gasteiger partial charge in [0.25, 0.3) is 0 Å². The molecule has 4 rings (SSSR count). The third kappa shape index (κ3) is 4.31. The van der Waals surface area contributed by atoms with Gasteiger partial charge in [-0.2, -0.15) is 0 Å². The second-order valence-corrected chi connectivity index (χ2v) is 8.26. The van der Waals surface area contributed by atoms with Crippen LogP contribution in [0.25, 0.3) is 5.57 Å². The highest BCUT2D eigenvalue weighted by Gasteiger charge is 2.26. The summed E-state index contributed by atoms with van der Waals surface area (Å²) >= 11 is 0. The molecule has 1 saturated heterocycles. The summed E-state index contributed by atoms with van der Waals surface area (Å²) in [5.74, 6) is 0.268. The summed E-state index contributed by atoms with van der Waals surface area (Å²) < 4.78 is 5.41. The van der Waals surface area contributed by atoms with Crippen molar-refractivity contribution in [3.63, 3.8) is 0 Å². The molecule has 1 aromatic heterocycles. The zero-order chi connectivity index (χ0) is 21.1. The van der Waals surface area contributed by atoms with Crippen molar-refractivity contribution >= 4 is 11.3 Å². The smallest absolute Gasteiger partial charge is 0.0920 e. The summed E-state index contributed by atoms with van der Waals surface area (Å²) in [6.07, 6.45) is 3.10. The van der Waals surface area contributed by atoms with E-state index in [0.717, 1.165) is 30.8 Å². The van der Waals surface area contributed by atoms with Crippen LogP contribution in [0.2, 0.25) is 0 Å². The van der Waals surface area contributed by atoms with E-state index in [-0.39, 0.29) is 5.92 Å². The Morgan fingerprint density at radius 2 is 1.83 bits per heavy atom. The summed E-state index contributed by atoms with van der Waals surface area (Å²) in [5, 5.41) is 0. The molecular weight excluding hydrogens is 368 g/mol. The van der Waals surface area contributed by atoms with Crippen molar-refractivity contribution in [2.75, 3.05) is 25.1 Å². The Bertz CT molecular complexity index is 1020. The lowest BCUT2D eigenvalue weighted by Gasteiger charge is -2.40. The lowest BCUT2D eigenvalue weighted by atomic mass is 9.82. The third-order valence-electron chi connectivity index (χ3n) is 6.16. The lowest BCUT2D eigenvalue weighted by Crippen LogP contribution is -2.51. The molecule has 3 aromatic rings. The highest BCUT2D eigenvalue weighted by Crippen LogP contribution is 2.36. The van der Waals surface area contributed by atoms with Crippen LogP contribution in [0.1, 0.15) is 40.3 Å². The molecule has 1 aliphatic rings. The van der Waals surface area contributed by atoms with E-state index in [1.54, 1.807) is 7.11 Å². The van der Waals surface area contributed by atoms with Crippen LogP contribution < -0.4 is 4.90 Å². The van der Waals surface area contributed by atoms with Crippen molar-refractivity contribution in [3.8, 4) is 0 Å². The van der Waals surface area contributed by atoms with E-state index < -0.39 is 0 Å². The first-order chi connectivity index (χ1) is 14.5. The van der Waals surface area contributed by atoms with Crippen LogP contribution in [0.5, 0.6) is 0 Å². The van der Waals surface area contributed by atoms with E-state index in [0.29, 0.717) is 6.10 Å². The average molecular weight is 399 g/mol. The van der Waals surface area contributed by atoms with E-state index in [9.17, 15) is 0 Å². The fourth-order valence-electron chi connectivity index (χ4n) is 4.23. The van der Waals surface area contributed by atoms with E-state index >= 15 is 0 Å². The van der Waals surface area contributed by atoms with Crippen LogP contribution >= 0.6 is 0 Å². The number of rotatable bonds is 7. The van der Waals surface area contributed by atoms with Crippen molar-refractivity contribution in [1.29, 1.82) is 0 Å². The zero-order valence-electron chi connectivity index (χ0n) is 18.1. The number of pyridine rings is 1. The minimum absolute atomic E-state index is 0.268. The first-order valence-corrected chi connectivity index (χ1v) is 10.6. The fourth-order valence-corrected chi connectivity index (χ4v) is 4.23. The molecule has 1 aliphatic heterocycles. The summed E-state index contributed by atoms with van der Waals surface area (Å²) in [6.45, 7) is 10.6. The standard InChI is InChI=1S/C27H30N2O/c1-19-7-5-6-8-26(19)27(15-20(2)23-13-14-28-21(3)16-23)22-9-11-24(12-10-22)29-17-25(18-29)30-4/h5-14,16,25,27H,2,15,17-18H2,1,3-4H3/t27-/m1/s1. The highest BCUT2D eigenvalue weighted by atomic mass is 16.5. The molecule has 0 N–H and O–H groups in total. The fraction of sp³-hybridized carbons (Fsp3) is 0.296. The van der Waals surface area contributed by atoms with Gasteiger partial charge >= 0.3 is 0 Å². The first kappa shape index (κ1) is 20.4.